The van der Waals surface area contributed by atoms with E-state index in [9.17, 15) is 32.8 Å². The number of hydrogen-bond donors (Lipinski definition) is 4. The lowest BCUT2D eigenvalue weighted by atomic mass is 9.79. The number of benzene rings is 6. The Balaban J connectivity index is 0.000000180. The normalized spacial score (nSPS) is 18.9. The van der Waals surface area contributed by atoms with Crippen LogP contribution in [0.4, 0.5) is 31.5 Å². The molecule has 3 aliphatic heterocycles. The van der Waals surface area contributed by atoms with Gasteiger partial charge < -0.3 is 41.0 Å². The van der Waals surface area contributed by atoms with E-state index in [-0.39, 0.29) is 49.6 Å². The molecule has 6 aromatic carbocycles. The number of halogens is 4. The molecule has 2 spiro atoms. The number of para-hydroxylation sites is 2. The second-order valence-electron chi connectivity index (χ2n) is 20.6. The van der Waals surface area contributed by atoms with Crippen LogP contribution < -0.4 is 41.0 Å². The maximum absolute atomic E-state index is 14.0. The van der Waals surface area contributed by atoms with Gasteiger partial charge in [0.2, 0.25) is 5.91 Å². The molecule has 410 valence electrons. The summed E-state index contributed by atoms with van der Waals surface area (Å²) in [6.45, 7) is 2.72. The van der Waals surface area contributed by atoms with Gasteiger partial charge in [-0.15, -0.1) is 0 Å². The molecule has 5 N–H and O–H groups in total. The van der Waals surface area contributed by atoms with Gasteiger partial charge in [-0.25, -0.2) is 8.78 Å². The molecule has 0 unspecified atom stereocenters. The van der Waals surface area contributed by atoms with Crippen molar-refractivity contribution >= 4 is 81.3 Å². The highest BCUT2D eigenvalue weighted by molar-refractivity contribution is 6.35. The van der Waals surface area contributed by atoms with Gasteiger partial charge in [0.15, 0.2) is 0 Å². The van der Waals surface area contributed by atoms with Gasteiger partial charge in [0, 0.05) is 47.7 Å². The summed E-state index contributed by atoms with van der Waals surface area (Å²) >= 11 is 12.2. The van der Waals surface area contributed by atoms with Crippen LogP contribution in [0, 0.1) is 22.5 Å². The highest BCUT2D eigenvalue weighted by Gasteiger charge is 2.41. The summed E-state index contributed by atoms with van der Waals surface area (Å²) < 4.78 is 38.4. The highest BCUT2D eigenvalue weighted by Crippen LogP contribution is 2.48. The number of amidine groups is 1. The highest BCUT2D eigenvalue weighted by atomic mass is 35.5. The van der Waals surface area contributed by atoms with Gasteiger partial charge in [-0.3, -0.25) is 29.0 Å². The molecule has 5 amide bonds. The number of hydrogen-bond acceptors (Lipinski definition) is 9. The third-order valence-corrected chi connectivity index (χ3v) is 16.2. The number of carbonyl (C=O) groups is 5. The number of allylic oxidation sites excluding steroid dienone is 2. The molecule has 0 saturated carbocycles. The number of nitrogens with one attached hydrogen (secondary N) is 3. The topological polar surface area (TPSA) is 185 Å². The zero-order valence-electron chi connectivity index (χ0n) is 44.0. The van der Waals surface area contributed by atoms with Crippen LogP contribution in [0.2, 0.25) is 10.0 Å². The first-order chi connectivity index (χ1) is 38.5. The first kappa shape index (κ1) is 55.0. The summed E-state index contributed by atoms with van der Waals surface area (Å²) in [7, 11) is 2.90. The minimum Gasteiger partial charge on any atom is -0.495 e. The fraction of sp³-hybridized carbons (Fsp3) is 0.258. The van der Waals surface area contributed by atoms with Crippen molar-refractivity contribution in [3.63, 3.8) is 0 Å². The van der Waals surface area contributed by atoms with Gasteiger partial charge in [-0.05, 0) is 164 Å². The Morgan fingerprint density at radius 3 is 1.57 bits per heavy atom. The van der Waals surface area contributed by atoms with E-state index in [4.69, 9.17) is 38.4 Å². The molecule has 0 fully saturated rings. The standard InChI is InChI=1S/C32H30ClFN4O3.C30H27ClFN3O4/c1-41-28-16-20(6-9-26(28)37-30(39)24-17-23(34)7-8-25(24)33)31(40)38-15-12-32(18-21-4-2-3-5-27(21)38)11-10-22(19-32)29-35-13-14-36-29;1-39-26-14-18(6-9-24(26)34-28(37)22-15-21(32)7-8-23(22)31)29(38)35-13-12-30(11-10-20(17-30)27(33)36)16-19-4-2-3-5-25(19)35/h2-9,16-17,19H,10-15,18H2,1H3,(H,35,36)(H,37,39);2-9,14-15,17H,10-13,16H2,1H3,(H2,33,36)(H,34,37)/t32-;30-/m00/s1. The summed E-state index contributed by atoms with van der Waals surface area (Å²) in [4.78, 5) is 73.4. The van der Waals surface area contributed by atoms with Crippen LogP contribution in [0.25, 0.3) is 0 Å². The monoisotopic (exact) mass is 1120 g/mol. The molecular weight excluding hydrogens is 1060 g/mol. The predicted octanol–water partition coefficient (Wildman–Crippen LogP) is 11.6. The van der Waals surface area contributed by atoms with Gasteiger partial charge >= 0.3 is 0 Å². The van der Waals surface area contributed by atoms with Crippen LogP contribution in [0.3, 0.4) is 0 Å². The average Bonchev–Trinajstić information content (AvgIpc) is 4.31. The largest absolute Gasteiger partial charge is 0.495 e. The lowest BCUT2D eigenvalue weighted by Crippen LogP contribution is -2.33. The Labute approximate surface area is 471 Å². The first-order valence-corrected chi connectivity index (χ1v) is 27.0. The summed E-state index contributed by atoms with van der Waals surface area (Å²) in [6, 6.07) is 32.6. The van der Waals surface area contributed by atoms with E-state index < -0.39 is 29.4 Å². The maximum atomic E-state index is 14.0. The van der Waals surface area contributed by atoms with E-state index in [1.165, 1.54) is 44.1 Å². The van der Waals surface area contributed by atoms with E-state index in [2.05, 4.69) is 33.1 Å². The number of ether oxygens (including phenoxy) is 2. The zero-order valence-corrected chi connectivity index (χ0v) is 45.5. The number of aliphatic imine (C=N–C) groups is 1. The molecule has 14 nitrogen and oxygen atoms in total. The number of fused-ring (bicyclic) bond motifs is 2. The van der Waals surface area contributed by atoms with Crippen molar-refractivity contribution in [2.45, 2.75) is 51.4 Å². The molecule has 80 heavy (non-hydrogen) atoms. The van der Waals surface area contributed by atoms with Crippen LogP contribution in [-0.2, 0) is 17.6 Å². The molecule has 11 rings (SSSR count). The zero-order chi connectivity index (χ0) is 56.3. The van der Waals surface area contributed by atoms with Crippen LogP contribution >= 0.6 is 23.2 Å². The third-order valence-electron chi connectivity index (χ3n) is 15.6. The Hall–Kier alpha value is -8.34. The molecule has 3 heterocycles. The lowest BCUT2D eigenvalue weighted by molar-refractivity contribution is -0.114. The fourth-order valence-corrected chi connectivity index (χ4v) is 11.9. The van der Waals surface area contributed by atoms with Crippen LogP contribution in [0.15, 0.2) is 150 Å². The minimum absolute atomic E-state index is 0.00359. The summed E-state index contributed by atoms with van der Waals surface area (Å²) in [5.41, 5.74) is 12.5. The second kappa shape index (κ2) is 23.2. The van der Waals surface area contributed by atoms with Gasteiger partial charge in [-0.2, -0.15) is 0 Å². The molecule has 2 atom stereocenters. The SMILES string of the molecule is COc1cc(C(=O)N2CC[C@]3(C=C(C(N)=O)CC3)Cc3ccccc32)ccc1NC(=O)c1cc(F)ccc1Cl.COc1cc(C(=O)N2CC[C@]3(C=C(C4=NCCN4)CC3)Cc3ccccc32)ccc1NC(=O)c1cc(F)ccc1Cl. The van der Waals surface area contributed by atoms with Gasteiger partial charge in [0.25, 0.3) is 23.6 Å². The minimum atomic E-state index is -0.608. The Bertz CT molecular complexity index is 3590. The number of primary amides is 1. The second-order valence-corrected chi connectivity index (χ2v) is 21.4. The third kappa shape index (κ3) is 11.5. The van der Waals surface area contributed by atoms with Crippen molar-refractivity contribution in [2.75, 3.05) is 60.8 Å². The van der Waals surface area contributed by atoms with Gasteiger partial charge in [-0.1, -0.05) is 71.8 Å². The van der Waals surface area contributed by atoms with E-state index in [1.54, 1.807) is 41.3 Å². The number of nitrogens with zero attached hydrogens (tertiary/aromatic N) is 3. The van der Waals surface area contributed by atoms with Crippen molar-refractivity contribution < 1.29 is 42.2 Å². The Morgan fingerprint density at radius 2 is 1.11 bits per heavy atom. The van der Waals surface area contributed by atoms with E-state index >= 15 is 0 Å². The van der Waals surface area contributed by atoms with Gasteiger partial charge in [0.1, 0.15) is 29.0 Å². The summed E-state index contributed by atoms with van der Waals surface area (Å²) in [6.07, 6.45) is 10.9. The smallest absolute Gasteiger partial charge is 0.258 e. The molecule has 2 aliphatic carbocycles. The Morgan fingerprint density at radius 1 is 0.625 bits per heavy atom. The molecule has 0 aromatic heterocycles. The maximum Gasteiger partial charge on any atom is 0.258 e. The van der Waals surface area contributed by atoms with Gasteiger partial charge in [0.05, 0.1) is 53.3 Å². The summed E-state index contributed by atoms with van der Waals surface area (Å²) in [5.74, 6) is -1.51. The van der Waals surface area contributed by atoms with E-state index in [1.807, 2.05) is 53.4 Å². The number of carbonyl (C=O) groups excluding carboxylic acids is 5. The molecular formula is C62H57Cl2F2N7O7. The first-order valence-electron chi connectivity index (χ1n) is 26.3. The van der Waals surface area contributed by atoms with E-state index in [0.717, 1.165) is 85.7 Å². The van der Waals surface area contributed by atoms with Crippen molar-refractivity contribution in [3.8, 4) is 11.5 Å². The van der Waals surface area contributed by atoms with Crippen LogP contribution in [0.1, 0.15) is 91.1 Å². The molecule has 0 saturated heterocycles. The van der Waals surface area contributed by atoms with Crippen molar-refractivity contribution in [1.29, 1.82) is 0 Å². The fourth-order valence-electron chi connectivity index (χ4n) is 11.5. The van der Waals surface area contributed by atoms with Crippen molar-refractivity contribution in [1.82, 2.24) is 5.32 Å². The molecule has 0 radical (unpaired) electrons. The van der Waals surface area contributed by atoms with Crippen LogP contribution in [0.5, 0.6) is 11.5 Å². The number of methoxy groups -OCH3 is 2. The predicted molar refractivity (Wildman–Crippen MR) is 307 cm³/mol. The average molecular weight is 1120 g/mol. The number of nitrogens with two attached hydrogens (primary N) is 1. The summed E-state index contributed by atoms with van der Waals surface area (Å²) in [5, 5.41) is 9.03. The molecule has 6 aromatic rings. The van der Waals surface area contributed by atoms with Crippen molar-refractivity contribution in [3.05, 3.63) is 200 Å². The number of anilines is 4. The molecule has 18 heteroatoms. The Kier molecular flexibility index (Phi) is 15.9. The number of amides is 5. The van der Waals surface area contributed by atoms with Crippen molar-refractivity contribution in [2.24, 2.45) is 21.6 Å². The number of rotatable bonds is 10. The lowest BCUT2D eigenvalue weighted by Gasteiger charge is -2.26. The molecule has 5 aliphatic rings. The van der Waals surface area contributed by atoms with E-state index in [0.29, 0.717) is 66.2 Å². The van der Waals surface area contributed by atoms with Crippen LogP contribution in [-0.4, -0.2) is 75.8 Å². The quantitative estimate of drug-likeness (QED) is 0.104. The molecule has 0 bridgehead atoms.